The van der Waals surface area contributed by atoms with Crippen LogP contribution in [0.3, 0.4) is 0 Å². The van der Waals surface area contributed by atoms with Crippen LogP contribution in [0.15, 0.2) is 33.4 Å². The zero-order valence-corrected chi connectivity index (χ0v) is 39.4. The van der Waals surface area contributed by atoms with Crippen molar-refractivity contribution in [1.29, 1.82) is 5.26 Å². The van der Waals surface area contributed by atoms with Gasteiger partial charge >= 0.3 is 14.2 Å². The van der Waals surface area contributed by atoms with E-state index in [1.807, 2.05) is 49.3 Å². The number of nitrogens with zero attached hydrogens (tertiary/aromatic N) is 4. The minimum Gasteiger partial charge on any atom is -0.465 e. The van der Waals surface area contributed by atoms with Crippen LogP contribution in [-0.4, -0.2) is 81.3 Å². The summed E-state index contributed by atoms with van der Waals surface area (Å²) in [5, 5.41) is 11.4. The maximum Gasteiger partial charge on any atom is 0.331 e. The van der Waals surface area contributed by atoms with E-state index in [4.69, 9.17) is 23.4 Å². The summed E-state index contributed by atoms with van der Waals surface area (Å²) in [6.07, 6.45) is 21.5. The van der Waals surface area contributed by atoms with E-state index < -0.39 is 32.1 Å². The third-order valence-electron chi connectivity index (χ3n) is 10.5. The van der Waals surface area contributed by atoms with Crippen molar-refractivity contribution in [3.8, 4) is 6.07 Å². The first kappa shape index (κ1) is 51.3. The first-order valence-electron chi connectivity index (χ1n) is 22.3. The van der Waals surface area contributed by atoms with Crippen LogP contribution in [0.25, 0.3) is 0 Å². The molecule has 2 aliphatic heterocycles. The Kier molecular flexibility index (Phi) is 26.1. The molecule has 1 aromatic rings. The number of carbonyl (C=O) groups is 1. The molecule has 0 spiro atoms. The molecule has 1 amide bonds. The topological polar surface area (TPSA) is 148 Å². The quantitative estimate of drug-likeness (QED) is 0.0310. The van der Waals surface area contributed by atoms with E-state index in [1.165, 1.54) is 112 Å². The number of H-pyrrole nitrogens is 1. The molecule has 1 fully saturated rings. The van der Waals surface area contributed by atoms with Crippen molar-refractivity contribution >= 4 is 36.0 Å². The molecule has 59 heavy (non-hydrogen) atoms. The van der Waals surface area contributed by atoms with Gasteiger partial charge in [-0.05, 0) is 53.4 Å². The van der Waals surface area contributed by atoms with E-state index in [9.17, 15) is 19.6 Å². The van der Waals surface area contributed by atoms with E-state index in [2.05, 4.69) is 22.6 Å². The molecule has 2 aliphatic rings. The molecular formula is C43H74N5O8PS2. The molecule has 16 heteroatoms. The highest BCUT2D eigenvalue weighted by atomic mass is 33.1. The van der Waals surface area contributed by atoms with Crippen LogP contribution in [0.2, 0.25) is 0 Å². The zero-order chi connectivity index (χ0) is 42.8. The number of nitrogens with one attached hydrogen (secondary N) is 1. The second-order valence-corrected chi connectivity index (χ2v) is 20.2. The van der Waals surface area contributed by atoms with Gasteiger partial charge in [0, 0.05) is 55.4 Å². The van der Waals surface area contributed by atoms with Crippen LogP contribution in [0.4, 0.5) is 0 Å². The normalized spacial score (nSPS) is 18.5. The van der Waals surface area contributed by atoms with Crippen molar-refractivity contribution in [2.75, 3.05) is 32.6 Å². The van der Waals surface area contributed by atoms with Gasteiger partial charge in [0.25, 0.3) is 5.56 Å². The van der Waals surface area contributed by atoms with E-state index in [0.29, 0.717) is 18.2 Å². The predicted octanol–water partition coefficient (Wildman–Crippen LogP) is 10.5. The van der Waals surface area contributed by atoms with Crippen LogP contribution in [0.5, 0.6) is 0 Å². The monoisotopic (exact) mass is 883 g/mol. The highest BCUT2D eigenvalue weighted by Gasteiger charge is 2.44. The average Bonchev–Trinajstić information content (AvgIpc) is 3.85. The Morgan fingerprint density at radius 1 is 0.983 bits per heavy atom. The van der Waals surface area contributed by atoms with Crippen LogP contribution in [0.1, 0.15) is 169 Å². The lowest BCUT2D eigenvalue weighted by Gasteiger charge is -2.36. The van der Waals surface area contributed by atoms with Gasteiger partial charge in [-0.2, -0.15) is 5.26 Å². The van der Waals surface area contributed by atoms with Crippen molar-refractivity contribution in [3.63, 3.8) is 0 Å². The fraction of sp³-hybridized carbons (Fsp3) is 0.814. The number of hydroxylamine groups is 2. The summed E-state index contributed by atoms with van der Waals surface area (Å²) in [5.41, 5.74) is -1.21. The second kappa shape index (κ2) is 30.1. The third kappa shape index (κ3) is 18.8. The van der Waals surface area contributed by atoms with Gasteiger partial charge in [0.1, 0.15) is 6.61 Å². The van der Waals surface area contributed by atoms with Gasteiger partial charge < -0.3 is 18.5 Å². The van der Waals surface area contributed by atoms with Gasteiger partial charge in [0.2, 0.25) is 12.1 Å². The van der Waals surface area contributed by atoms with Crippen molar-refractivity contribution < 1.29 is 28.2 Å². The summed E-state index contributed by atoms with van der Waals surface area (Å²) in [4.78, 5) is 47.4. The van der Waals surface area contributed by atoms with Crippen molar-refractivity contribution in [3.05, 3.63) is 44.6 Å². The van der Waals surface area contributed by atoms with Crippen molar-refractivity contribution in [2.24, 2.45) is 0 Å². The molecule has 1 N–H and O–H groups in total. The minimum absolute atomic E-state index is 0.0219. The second-order valence-electron chi connectivity index (χ2n) is 16.0. The minimum atomic E-state index is -1.78. The molecular weight excluding hydrogens is 810 g/mol. The SMILES string of the molecule is CCCCCCCCCCCCCCCCN(OCC1=C(OP(OCCC#N)N(C(C)C)C(C)C)C(OC)[C@H](n2ccc(=O)[nH]c2=O)O1)C(=O)CCCC[C@@H]1CCSS1. The van der Waals surface area contributed by atoms with Gasteiger partial charge in [0.15, 0.2) is 17.6 Å². The molecule has 3 heterocycles. The zero-order valence-electron chi connectivity index (χ0n) is 36.8. The fourth-order valence-corrected chi connectivity index (χ4v) is 12.1. The number of rotatable bonds is 33. The molecule has 336 valence electrons. The van der Waals surface area contributed by atoms with E-state index in [-0.39, 0.29) is 49.1 Å². The average molecular weight is 884 g/mol. The molecule has 13 nitrogen and oxygen atoms in total. The van der Waals surface area contributed by atoms with Crippen molar-refractivity contribution in [2.45, 2.75) is 193 Å². The maximum absolute atomic E-state index is 13.8. The van der Waals surface area contributed by atoms with Crippen LogP contribution in [-0.2, 0) is 28.2 Å². The van der Waals surface area contributed by atoms with Gasteiger partial charge in [-0.15, -0.1) is 0 Å². The molecule has 0 bridgehead atoms. The Balaban J connectivity index is 1.73. The van der Waals surface area contributed by atoms with Gasteiger partial charge in [-0.1, -0.05) is 118 Å². The Labute approximate surface area is 363 Å². The van der Waals surface area contributed by atoms with Crippen LogP contribution in [0, 0.1) is 11.3 Å². The van der Waals surface area contributed by atoms with Gasteiger partial charge in [0.05, 0.1) is 19.1 Å². The Morgan fingerprint density at radius 3 is 2.19 bits per heavy atom. The number of ether oxygens (including phenoxy) is 2. The maximum atomic E-state index is 13.8. The number of aromatic nitrogens is 2. The molecule has 0 saturated carbocycles. The molecule has 4 atom stereocenters. The smallest absolute Gasteiger partial charge is 0.331 e. The molecule has 2 unspecified atom stereocenters. The lowest BCUT2D eigenvalue weighted by Crippen LogP contribution is -2.37. The lowest BCUT2D eigenvalue weighted by molar-refractivity contribution is -0.187. The Hall–Kier alpha value is -2.05. The molecule has 0 radical (unpaired) electrons. The summed E-state index contributed by atoms with van der Waals surface area (Å²) in [6.45, 7) is 10.9. The predicted molar refractivity (Wildman–Crippen MR) is 240 cm³/mol. The highest BCUT2D eigenvalue weighted by molar-refractivity contribution is 8.77. The standard InChI is InChI=1S/C43H74N5O8PS2/c1-7-8-9-10-11-12-13-14-15-16-17-18-19-22-29-47(39(50)25-21-20-24-36-27-32-58-59-36)53-33-37-40(56-57(54-31-23-28-44)48(34(2)3)35(4)5)41(52-6)42(55-37)46-30-26-38(49)45-43(46)51/h26,30,34-36,41-42H,7-25,27,29,31-33H2,1-6H3,(H,45,49,51)/t36-,41?,42-,57?/m1/s1. The fourth-order valence-electron chi connectivity index (χ4n) is 7.37. The molecule has 1 saturated heterocycles. The van der Waals surface area contributed by atoms with E-state index >= 15 is 0 Å². The largest absolute Gasteiger partial charge is 0.465 e. The molecule has 3 rings (SSSR count). The molecule has 1 aromatic heterocycles. The summed E-state index contributed by atoms with van der Waals surface area (Å²) in [6, 6.07) is 3.41. The van der Waals surface area contributed by atoms with E-state index in [1.54, 1.807) is 0 Å². The molecule has 0 aromatic carbocycles. The Morgan fingerprint density at radius 2 is 1.63 bits per heavy atom. The summed E-state index contributed by atoms with van der Waals surface area (Å²) < 4.78 is 28.6. The number of carbonyl (C=O) groups excluding carboxylic acids is 1. The molecule has 0 aliphatic carbocycles. The number of nitriles is 1. The van der Waals surface area contributed by atoms with E-state index in [0.717, 1.165) is 38.5 Å². The van der Waals surface area contributed by atoms with Gasteiger partial charge in [-0.25, -0.2) is 14.5 Å². The van der Waals surface area contributed by atoms with Crippen molar-refractivity contribution in [1.82, 2.24) is 19.3 Å². The number of hydrogen-bond donors (Lipinski definition) is 1. The van der Waals surface area contributed by atoms with Crippen LogP contribution >= 0.6 is 30.1 Å². The number of methoxy groups -OCH3 is 1. The number of hydrogen-bond acceptors (Lipinski definition) is 12. The Bertz CT molecular complexity index is 1510. The highest BCUT2D eigenvalue weighted by Crippen LogP contribution is 2.51. The first-order valence-corrected chi connectivity index (χ1v) is 25.8. The summed E-state index contributed by atoms with van der Waals surface area (Å²) >= 11 is 0. The van der Waals surface area contributed by atoms with Gasteiger partial charge in [-0.3, -0.25) is 24.0 Å². The number of amides is 1. The number of aromatic amines is 1. The lowest BCUT2D eigenvalue weighted by atomic mass is 10.0. The van der Waals surface area contributed by atoms with Crippen LogP contribution < -0.4 is 11.2 Å². The summed E-state index contributed by atoms with van der Waals surface area (Å²) in [5.74, 6) is 1.64. The number of unbranched alkanes of at least 4 members (excludes halogenated alkanes) is 14. The first-order chi connectivity index (χ1) is 28.6. The third-order valence-corrected chi connectivity index (χ3v) is 15.6. The summed E-state index contributed by atoms with van der Waals surface area (Å²) in [7, 11) is 3.60.